The number of hydrogen-bond acceptors (Lipinski definition) is 7. The molecule has 1 aliphatic rings. The Morgan fingerprint density at radius 1 is 0.652 bits per heavy atom. The van der Waals surface area contributed by atoms with Crippen molar-refractivity contribution in [3.05, 3.63) is 108 Å². The molecule has 8 heteroatoms. The largest absolute Gasteiger partial charge is 0.413 e. The molecular weight excluding hydrogens is 596 g/mol. The molecule has 4 rings (SSSR count). The van der Waals surface area contributed by atoms with Crippen LogP contribution in [0.4, 0.5) is 0 Å². The standard InChI is InChI=1S/C38H54O7Si/c1-27(2)46(28(3)4,29(5)6)44-26-33(39)34-35(41-23-30-17-11-8-12-18-30)36(42-24-31-19-13-9-14-20-31)37(38(7,40)45-34)43-25-32-21-15-10-16-22-32/h8-22,27-29,33-37,39-40H,23-26H2,1-7H3/t33-,34-,35-,36+,37-,38+/m1/s1. The van der Waals surface area contributed by atoms with Crippen LogP contribution < -0.4 is 0 Å². The predicted octanol–water partition coefficient (Wildman–Crippen LogP) is 7.40. The summed E-state index contributed by atoms with van der Waals surface area (Å²) in [5.74, 6) is -1.79. The summed E-state index contributed by atoms with van der Waals surface area (Å²) in [6, 6.07) is 29.5. The van der Waals surface area contributed by atoms with Gasteiger partial charge >= 0.3 is 0 Å². The van der Waals surface area contributed by atoms with Crippen LogP contribution >= 0.6 is 0 Å². The molecule has 0 aromatic heterocycles. The lowest BCUT2D eigenvalue weighted by Gasteiger charge is -2.50. The topological polar surface area (TPSA) is 86.6 Å². The molecule has 46 heavy (non-hydrogen) atoms. The van der Waals surface area contributed by atoms with Crippen molar-refractivity contribution in [2.24, 2.45) is 0 Å². The van der Waals surface area contributed by atoms with Crippen LogP contribution in [-0.4, -0.2) is 61.4 Å². The Bertz CT molecular complexity index is 1260. The molecule has 7 nitrogen and oxygen atoms in total. The first kappa shape index (κ1) is 36.4. The molecule has 0 aliphatic carbocycles. The molecule has 1 fully saturated rings. The number of rotatable bonds is 16. The Morgan fingerprint density at radius 2 is 1.04 bits per heavy atom. The van der Waals surface area contributed by atoms with Crippen molar-refractivity contribution < 1.29 is 33.6 Å². The quantitative estimate of drug-likeness (QED) is 0.156. The molecule has 2 N–H and O–H groups in total. The van der Waals surface area contributed by atoms with Gasteiger partial charge in [0.05, 0.1) is 26.4 Å². The second kappa shape index (κ2) is 16.6. The Hall–Kier alpha value is -2.40. The normalized spacial score (nSPS) is 24.5. The van der Waals surface area contributed by atoms with Crippen LogP contribution in [0.5, 0.6) is 0 Å². The molecule has 3 aromatic rings. The monoisotopic (exact) mass is 650 g/mol. The van der Waals surface area contributed by atoms with E-state index < -0.39 is 44.6 Å². The third-order valence-corrected chi connectivity index (χ3v) is 15.4. The lowest BCUT2D eigenvalue weighted by Crippen LogP contribution is -2.68. The van der Waals surface area contributed by atoms with E-state index in [2.05, 4.69) is 41.5 Å². The van der Waals surface area contributed by atoms with E-state index >= 15 is 0 Å². The highest BCUT2D eigenvalue weighted by molar-refractivity contribution is 6.77. The van der Waals surface area contributed by atoms with E-state index in [9.17, 15) is 10.2 Å². The van der Waals surface area contributed by atoms with Gasteiger partial charge in [0.15, 0.2) is 14.1 Å². The van der Waals surface area contributed by atoms with Crippen molar-refractivity contribution in [2.75, 3.05) is 6.61 Å². The van der Waals surface area contributed by atoms with E-state index in [4.69, 9.17) is 23.4 Å². The fraction of sp³-hybridized carbons (Fsp3) is 0.526. The average molecular weight is 651 g/mol. The highest BCUT2D eigenvalue weighted by Gasteiger charge is 2.56. The highest BCUT2D eigenvalue weighted by Crippen LogP contribution is 2.43. The van der Waals surface area contributed by atoms with E-state index in [0.717, 1.165) is 16.7 Å². The zero-order valence-corrected chi connectivity index (χ0v) is 29.5. The Balaban J connectivity index is 1.67. The Morgan fingerprint density at radius 3 is 1.46 bits per heavy atom. The SMILES string of the molecule is CC(C)[Si](OC[C@@H](O)[C@H]1O[C@](C)(O)[C@H](OCc2ccccc2)[C@@H](OCc2ccccc2)[C@@H]1OCc1ccccc1)(C(C)C)C(C)C. The summed E-state index contributed by atoms with van der Waals surface area (Å²) in [6.07, 6.45) is -4.52. The summed E-state index contributed by atoms with van der Waals surface area (Å²) in [4.78, 5) is 0. The number of benzene rings is 3. The van der Waals surface area contributed by atoms with Gasteiger partial charge in [-0.05, 0) is 40.2 Å². The second-order valence-corrected chi connectivity index (χ2v) is 19.0. The number of ether oxygens (including phenoxy) is 4. The molecular formula is C38H54O7Si. The molecule has 0 saturated carbocycles. The van der Waals surface area contributed by atoms with Gasteiger partial charge < -0.3 is 33.6 Å². The maximum absolute atomic E-state index is 11.9. The molecule has 0 bridgehead atoms. The van der Waals surface area contributed by atoms with Gasteiger partial charge in [0.2, 0.25) is 0 Å². The summed E-state index contributed by atoms with van der Waals surface area (Å²) in [5, 5.41) is 23.7. The first-order chi connectivity index (χ1) is 22.0. The van der Waals surface area contributed by atoms with E-state index in [1.54, 1.807) is 6.92 Å². The molecule has 6 atom stereocenters. The van der Waals surface area contributed by atoms with Crippen molar-refractivity contribution in [2.45, 2.75) is 121 Å². The van der Waals surface area contributed by atoms with Gasteiger partial charge in [-0.1, -0.05) is 133 Å². The fourth-order valence-corrected chi connectivity index (χ4v) is 12.6. The van der Waals surface area contributed by atoms with Crippen LogP contribution in [0.1, 0.15) is 65.2 Å². The van der Waals surface area contributed by atoms with Gasteiger partial charge in [0.25, 0.3) is 0 Å². The lowest BCUT2D eigenvalue weighted by atomic mass is 9.90. The fourth-order valence-electron chi connectivity index (χ4n) is 7.11. The van der Waals surface area contributed by atoms with Crippen molar-refractivity contribution in [1.82, 2.24) is 0 Å². The summed E-state index contributed by atoms with van der Waals surface area (Å²) in [6.45, 7) is 15.7. The molecule has 0 unspecified atom stereocenters. The summed E-state index contributed by atoms with van der Waals surface area (Å²) in [7, 11) is -2.30. The van der Waals surface area contributed by atoms with E-state index in [1.165, 1.54) is 0 Å². The molecule has 0 amide bonds. The van der Waals surface area contributed by atoms with Crippen LogP contribution in [0.2, 0.25) is 16.6 Å². The lowest BCUT2D eigenvalue weighted by molar-refractivity contribution is -0.370. The van der Waals surface area contributed by atoms with Gasteiger partial charge in [0, 0.05) is 0 Å². The van der Waals surface area contributed by atoms with Crippen LogP contribution in [0, 0.1) is 0 Å². The maximum Gasteiger partial charge on any atom is 0.200 e. The number of aliphatic hydroxyl groups is 2. The summed E-state index contributed by atoms with van der Waals surface area (Å²) < 4.78 is 32.8. The highest BCUT2D eigenvalue weighted by atomic mass is 28.4. The first-order valence-electron chi connectivity index (χ1n) is 16.6. The van der Waals surface area contributed by atoms with Gasteiger partial charge in [-0.3, -0.25) is 0 Å². The second-order valence-electron chi connectivity index (χ2n) is 13.6. The summed E-state index contributed by atoms with van der Waals surface area (Å²) >= 11 is 0. The van der Waals surface area contributed by atoms with Gasteiger partial charge in [-0.15, -0.1) is 0 Å². The van der Waals surface area contributed by atoms with Crippen LogP contribution in [0.3, 0.4) is 0 Å². The summed E-state index contributed by atoms with van der Waals surface area (Å²) in [5.41, 5.74) is 3.93. The molecule has 1 heterocycles. The van der Waals surface area contributed by atoms with Crippen molar-refractivity contribution in [3.63, 3.8) is 0 Å². The Labute approximate surface area is 276 Å². The van der Waals surface area contributed by atoms with Gasteiger partial charge in [0.1, 0.15) is 30.5 Å². The zero-order chi connectivity index (χ0) is 33.3. The first-order valence-corrected chi connectivity index (χ1v) is 18.8. The average Bonchev–Trinajstić information content (AvgIpc) is 3.03. The van der Waals surface area contributed by atoms with E-state index in [1.807, 2.05) is 91.0 Å². The van der Waals surface area contributed by atoms with Crippen LogP contribution in [-0.2, 0) is 43.2 Å². The minimum absolute atomic E-state index is 0.0631. The Kier molecular flexibility index (Phi) is 13.2. The number of hydrogen-bond donors (Lipinski definition) is 2. The van der Waals surface area contributed by atoms with Gasteiger partial charge in [-0.2, -0.15) is 0 Å². The smallest absolute Gasteiger partial charge is 0.200 e. The molecule has 3 aromatic carbocycles. The predicted molar refractivity (Wildman–Crippen MR) is 184 cm³/mol. The minimum atomic E-state index is -2.30. The van der Waals surface area contributed by atoms with Crippen LogP contribution in [0.15, 0.2) is 91.0 Å². The molecule has 0 radical (unpaired) electrons. The molecule has 0 spiro atoms. The zero-order valence-electron chi connectivity index (χ0n) is 28.5. The van der Waals surface area contributed by atoms with E-state index in [-0.39, 0.29) is 26.4 Å². The molecule has 252 valence electrons. The third kappa shape index (κ3) is 8.93. The van der Waals surface area contributed by atoms with Crippen molar-refractivity contribution >= 4 is 8.32 Å². The van der Waals surface area contributed by atoms with Crippen LogP contribution in [0.25, 0.3) is 0 Å². The third-order valence-electron chi connectivity index (χ3n) is 9.28. The molecule has 1 saturated heterocycles. The van der Waals surface area contributed by atoms with Crippen molar-refractivity contribution in [1.29, 1.82) is 0 Å². The van der Waals surface area contributed by atoms with Gasteiger partial charge in [-0.25, -0.2) is 0 Å². The van der Waals surface area contributed by atoms with Crippen molar-refractivity contribution in [3.8, 4) is 0 Å². The minimum Gasteiger partial charge on any atom is -0.413 e. The number of aliphatic hydroxyl groups excluding tert-OH is 1. The van der Waals surface area contributed by atoms with E-state index in [0.29, 0.717) is 16.6 Å². The maximum atomic E-state index is 11.9. The molecule has 1 aliphatic heterocycles.